The number of H-pyrrole nitrogens is 1. The van der Waals surface area contributed by atoms with Gasteiger partial charge in [0.1, 0.15) is 11.4 Å². The first-order valence-corrected chi connectivity index (χ1v) is 11.2. The fourth-order valence-electron chi connectivity index (χ4n) is 5.36. The monoisotopic (exact) mass is 431 g/mol. The van der Waals surface area contributed by atoms with Gasteiger partial charge in [0.2, 0.25) is 0 Å². The molecule has 2 N–H and O–H groups in total. The number of piperidine rings is 1. The van der Waals surface area contributed by atoms with Gasteiger partial charge in [0, 0.05) is 42.1 Å². The largest absolute Gasteiger partial charge is 0.482 e. The SMILES string of the molecule is Cc1cc(C(=O)N2CCC3(CC2C)Oc2ccccc2-c2[nH]ncc23)ccc1C(C)(C)O. The Labute approximate surface area is 188 Å². The van der Waals surface area contributed by atoms with Gasteiger partial charge in [-0.2, -0.15) is 5.10 Å². The highest BCUT2D eigenvalue weighted by atomic mass is 16.5. The first-order chi connectivity index (χ1) is 15.2. The zero-order valence-electron chi connectivity index (χ0n) is 19.0. The number of carbonyl (C=O) groups is 1. The average Bonchev–Trinajstić information content (AvgIpc) is 3.24. The van der Waals surface area contributed by atoms with Gasteiger partial charge >= 0.3 is 0 Å². The molecule has 1 saturated heterocycles. The highest BCUT2D eigenvalue weighted by Crippen LogP contribution is 2.49. The topological polar surface area (TPSA) is 78.5 Å². The summed E-state index contributed by atoms with van der Waals surface area (Å²) in [5, 5.41) is 17.8. The van der Waals surface area contributed by atoms with Crippen LogP contribution in [-0.4, -0.2) is 38.7 Å². The molecule has 2 unspecified atom stereocenters. The van der Waals surface area contributed by atoms with Crippen molar-refractivity contribution < 1.29 is 14.6 Å². The van der Waals surface area contributed by atoms with Gasteiger partial charge in [-0.3, -0.25) is 9.89 Å². The third-order valence-electron chi connectivity index (χ3n) is 6.90. The highest BCUT2D eigenvalue weighted by molar-refractivity contribution is 5.95. The van der Waals surface area contributed by atoms with Gasteiger partial charge in [0.15, 0.2) is 0 Å². The molecule has 3 aromatic rings. The van der Waals surface area contributed by atoms with Gasteiger partial charge in [-0.05, 0) is 63.1 Å². The molecule has 0 saturated carbocycles. The van der Waals surface area contributed by atoms with E-state index in [-0.39, 0.29) is 11.9 Å². The minimum Gasteiger partial charge on any atom is -0.482 e. The lowest BCUT2D eigenvalue weighted by Gasteiger charge is -2.47. The number of fused-ring (bicyclic) bond motifs is 4. The zero-order chi connectivity index (χ0) is 22.7. The minimum absolute atomic E-state index is 0.00136. The summed E-state index contributed by atoms with van der Waals surface area (Å²) >= 11 is 0. The summed E-state index contributed by atoms with van der Waals surface area (Å²) in [4.78, 5) is 15.3. The number of nitrogens with zero attached hydrogens (tertiary/aromatic N) is 2. The third-order valence-corrected chi connectivity index (χ3v) is 6.90. The molecule has 2 aliphatic heterocycles. The number of aryl methyl sites for hydroxylation is 1. The van der Waals surface area contributed by atoms with E-state index < -0.39 is 11.2 Å². The number of ether oxygens (including phenoxy) is 1. The molecule has 2 aliphatic rings. The van der Waals surface area contributed by atoms with Crippen LogP contribution in [0.3, 0.4) is 0 Å². The lowest BCUT2D eigenvalue weighted by atomic mass is 9.78. The maximum atomic E-state index is 13.4. The maximum Gasteiger partial charge on any atom is 0.254 e. The normalized spacial score (nSPS) is 22.3. The van der Waals surface area contributed by atoms with Crippen LogP contribution in [0.5, 0.6) is 5.75 Å². The summed E-state index contributed by atoms with van der Waals surface area (Å²) in [7, 11) is 0. The summed E-state index contributed by atoms with van der Waals surface area (Å²) in [6.45, 7) is 8.14. The molecule has 166 valence electrons. The molecule has 1 aromatic heterocycles. The molecule has 1 spiro atoms. The van der Waals surface area contributed by atoms with E-state index in [0.29, 0.717) is 24.9 Å². The second-order valence-corrected chi connectivity index (χ2v) is 9.64. The number of aromatic nitrogens is 2. The highest BCUT2D eigenvalue weighted by Gasteiger charge is 2.47. The smallest absolute Gasteiger partial charge is 0.254 e. The second kappa shape index (κ2) is 7.20. The van der Waals surface area contributed by atoms with Crippen molar-refractivity contribution in [3.8, 4) is 17.0 Å². The van der Waals surface area contributed by atoms with Crippen molar-refractivity contribution >= 4 is 5.91 Å². The van der Waals surface area contributed by atoms with Gasteiger partial charge in [0.05, 0.1) is 17.5 Å². The molecule has 0 aliphatic carbocycles. The van der Waals surface area contributed by atoms with Crippen molar-refractivity contribution in [1.82, 2.24) is 15.1 Å². The van der Waals surface area contributed by atoms with Crippen LogP contribution in [0.25, 0.3) is 11.3 Å². The first-order valence-electron chi connectivity index (χ1n) is 11.2. The van der Waals surface area contributed by atoms with E-state index >= 15 is 0 Å². The molecule has 5 rings (SSSR count). The molecular formula is C26H29N3O3. The van der Waals surface area contributed by atoms with Crippen LogP contribution >= 0.6 is 0 Å². The standard InChI is InChI=1S/C26H29N3O3/c1-16-13-18(9-10-20(16)25(3,4)31)24(30)29-12-11-26(14-17(29)2)21-15-27-28-23(21)19-7-5-6-8-22(19)32-26/h5-10,13,15,17,31H,11-12,14H2,1-4H3,(H,27,28). The molecular weight excluding hydrogens is 402 g/mol. The Balaban J connectivity index is 1.41. The Morgan fingerprint density at radius 3 is 2.78 bits per heavy atom. The van der Waals surface area contributed by atoms with Crippen LogP contribution in [0.4, 0.5) is 0 Å². The van der Waals surface area contributed by atoms with Crippen molar-refractivity contribution in [2.75, 3.05) is 6.54 Å². The molecule has 1 amide bonds. The number of aromatic amines is 1. The molecule has 6 heteroatoms. The van der Waals surface area contributed by atoms with Crippen LogP contribution in [0.1, 0.15) is 60.7 Å². The number of amides is 1. The summed E-state index contributed by atoms with van der Waals surface area (Å²) in [6, 6.07) is 13.6. The number of benzene rings is 2. The van der Waals surface area contributed by atoms with Crippen molar-refractivity contribution in [3.05, 3.63) is 70.9 Å². The maximum absolute atomic E-state index is 13.4. The molecule has 1 fully saturated rings. The zero-order valence-corrected chi connectivity index (χ0v) is 19.0. The summed E-state index contributed by atoms with van der Waals surface area (Å²) in [5.41, 5.74) is 4.08. The van der Waals surface area contributed by atoms with Crippen LogP contribution in [0.2, 0.25) is 0 Å². The van der Waals surface area contributed by atoms with E-state index in [0.717, 1.165) is 33.7 Å². The van der Waals surface area contributed by atoms with Gasteiger partial charge in [-0.1, -0.05) is 18.2 Å². The van der Waals surface area contributed by atoms with Crippen molar-refractivity contribution in [3.63, 3.8) is 0 Å². The Kier molecular flexibility index (Phi) is 4.67. The average molecular weight is 432 g/mol. The van der Waals surface area contributed by atoms with Crippen LogP contribution in [0, 0.1) is 6.92 Å². The van der Waals surface area contributed by atoms with Gasteiger partial charge in [-0.25, -0.2) is 0 Å². The number of nitrogens with one attached hydrogen (secondary N) is 1. The van der Waals surface area contributed by atoms with Crippen molar-refractivity contribution in [1.29, 1.82) is 0 Å². The Hall–Kier alpha value is -3.12. The molecule has 0 radical (unpaired) electrons. The molecule has 6 nitrogen and oxygen atoms in total. The van der Waals surface area contributed by atoms with E-state index in [1.165, 1.54) is 0 Å². The number of hydrogen-bond acceptors (Lipinski definition) is 4. The summed E-state index contributed by atoms with van der Waals surface area (Å²) < 4.78 is 6.60. The lowest BCUT2D eigenvalue weighted by molar-refractivity contribution is -0.0220. The number of likely N-dealkylation sites (tertiary alicyclic amines) is 1. The fourth-order valence-corrected chi connectivity index (χ4v) is 5.36. The molecule has 3 heterocycles. The summed E-state index contributed by atoms with van der Waals surface area (Å²) in [5.74, 6) is 0.871. The van der Waals surface area contributed by atoms with Crippen molar-refractivity contribution in [2.45, 2.75) is 57.8 Å². The van der Waals surface area contributed by atoms with Crippen LogP contribution in [0.15, 0.2) is 48.7 Å². The van der Waals surface area contributed by atoms with E-state index in [1.54, 1.807) is 13.8 Å². The molecule has 0 bridgehead atoms. The van der Waals surface area contributed by atoms with E-state index in [9.17, 15) is 9.90 Å². The molecule has 32 heavy (non-hydrogen) atoms. The quantitative estimate of drug-likeness (QED) is 0.625. The van der Waals surface area contributed by atoms with Crippen LogP contribution < -0.4 is 4.74 Å². The van der Waals surface area contributed by atoms with E-state index in [1.807, 2.05) is 60.5 Å². The van der Waals surface area contributed by atoms with Gasteiger partial charge < -0.3 is 14.7 Å². The van der Waals surface area contributed by atoms with E-state index in [4.69, 9.17) is 4.74 Å². The Morgan fingerprint density at radius 2 is 2.06 bits per heavy atom. The number of para-hydroxylation sites is 1. The van der Waals surface area contributed by atoms with Crippen molar-refractivity contribution in [2.24, 2.45) is 0 Å². The summed E-state index contributed by atoms with van der Waals surface area (Å²) in [6.07, 6.45) is 3.26. The number of hydrogen-bond donors (Lipinski definition) is 2. The van der Waals surface area contributed by atoms with E-state index in [2.05, 4.69) is 17.1 Å². The molecule has 2 aromatic carbocycles. The number of aliphatic hydroxyl groups is 1. The molecule has 2 atom stereocenters. The van der Waals surface area contributed by atoms with Crippen LogP contribution in [-0.2, 0) is 11.2 Å². The van der Waals surface area contributed by atoms with Gasteiger partial charge in [-0.15, -0.1) is 0 Å². The van der Waals surface area contributed by atoms with Gasteiger partial charge in [0.25, 0.3) is 5.91 Å². The number of rotatable bonds is 2. The predicted octanol–water partition coefficient (Wildman–Crippen LogP) is 4.52. The Bertz CT molecular complexity index is 1190. The third kappa shape index (κ3) is 3.21. The minimum atomic E-state index is -0.937. The fraction of sp³-hybridized carbons (Fsp3) is 0.385. The first kappa shape index (κ1) is 20.8. The Morgan fingerprint density at radius 1 is 1.28 bits per heavy atom. The lowest BCUT2D eigenvalue weighted by Crippen LogP contribution is -2.53. The number of carbonyl (C=O) groups excluding carboxylic acids is 1. The second-order valence-electron chi connectivity index (χ2n) is 9.64. The predicted molar refractivity (Wildman–Crippen MR) is 122 cm³/mol.